The summed E-state index contributed by atoms with van der Waals surface area (Å²) in [6.45, 7) is 0.742. The topological polar surface area (TPSA) is 58.4 Å². The lowest BCUT2D eigenvalue weighted by molar-refractivity contribution is -0.142. The number of nitrogens with zero attached hydrogens (tertiary/aromatic N) is 3. The number of carbonyl (C=O) groups excluding carboxylic acids is 1. The van der Waals surface area contributed by atoms with Gasteiger partial charge in [-0.15, -0.1) is 0 Å². The molecule has 1 aromatic heterocycles. The van der Waals surface area contributed by atoms with Gasteiger partial charge in [0.05, 0.1) is 22.4 Å². The van der Waals surface area contributed by atoms with Gasteiger partial charge in [-0.3, -0.25) is 9.48 Å². The number of amides is 1. The molecule has 0 saturated carbocycles. The summed E-state index contributed by atoms with van der Waals surface area (Å²) in [5.41, 5.74) is -1.84. The lowest BCUT2D eigenvalue weighted by Gasteiger charge is -2.36. The number of hydrogen-bond donors (Lipinski definition) is 1. The van der Waals surface area contributed by atoms with E-state index in [0.717, 1.165) is 16.8 Å². The summed E-state index contributed by atoms with van der Waals surface area (Å²) in [4.78, 5) is 13.8. The average molecular weight is 470 g/mol. The number of aromatic nitrogens is 2. The minimum Gasteiger partial charge on any atom is -0.391 e. The molecule has 1 aliphatic heterocycles. The van der Waals surface area contributed by atoms with Gasteiger partial charge in [-0.25, -0.2) is 0 Å². The molecule has 0 aliphatic carbocycles. The molecule has 2 atom stereocenters. The van der Waals surface area contributed by atoms with Crippen LogP contribution in [-0.4, -0.2) is 44.9 Å². The first kappa shape index (κ1) is 23.4. The molecule has 12 heteroatoms. The van der Waals surface area contributed by atoms with Crippen molar-refractivity contribution in [3.63, 3.8) is 0 Å². The van der Waals surface area contributed by atoms with Crippen LogP contribution in [-0.2, 0) is 23.7 Å². The van der Waals surface area contributed by atoms with E-state index in [2.05, 4.69) is 5.10 Å². The largest absolute Gasteiger partial charge is 0.436 e. The van der Waals surface area contributed by atoms with Crippen LogP contribution in [0.5, 0.6) is 0 Å². The molecular formula is C19H18ClF6N3O2. The molecule has 1 aliphatic rings. The van der Waals surface area contributed by atoms with E-state index in [4.69, 9.17) is 11.6 Å². The second-order valence-corrected chi connectivity index (χ2v) is 7.71. The molecule has 1 N–H and O–H groups in total. The van der Waals surface area contributed by atoms with E-state index in [-0.39, 0.29) is 25.2 Å². The Labute approximate surface area is 178 Å². The highest BCUT2D eigenvalue weighted by molar-refractivity contribution is 6.32. The summed E-state index contributed by atoms with van der Waals surface area (Å²) in [5, 5.41) is 13.2. The minimum absolute atomic E-state index is 0.0262. The third kappa shape index (κ3) is 4.98. The molecule has 2 aromatic rings. The van der Waals surface area contributed by atoms with E-state index in [9.17, 15) is 36.2 Å². The molecule has 1 saturated heterocycles. The van der Waals surface area contributed by atoms with Gasteiger partial charge in [-0.2, -0.15) is 31.4 Å². The Morgan fingerprint density at radius 2 is 1.90 bits per heavy atom. The van der Waals surface area contributed by atoms with E-state index >= 15 is 0 Å². The Balaban J connectivity index is 1.70. The summed E-state index contributed by atoms with van der Waals surface area (Å²) in [6, 6.07) is 4.64. The third-order valence-electron chi connectivity index (χ3n) is 5.26. The molecule has 0 radical (unpaired) electrons. The lowest BCUT2D eigenvalue weighted by atomic mass is 9.86. The molecule has 1 aromatic carbocycles. The fourth-order valence-electron chi connectivity index (χ4n) is 3.58. The lowest BCUT2D eigenvalue weighted by Crippen LogP contribution is -2.47. The number of hydrogen-bond acceptors (Lipinski definition) is 3. The van der Waals surface area contributed by atoms with Crippen molar-refractivity contribution in [3.8, 4) is 0 Å². The van der Waals surface area contributed by atoms with Crippen LogP contribution in [0.3, 0.4) is 0 Å². The molecule has 1 fully saturated rings. The maximum absolute atomic E-state index is 12.9. The van der Waals surface area contributed by atoms with Crippen molar-refractivity contribution < 1.29 is 36.2 Å². The van der Waals surface area contributed by atoms with Crippen LogP contribution in [0.1, 0.15) is 34.9 Å². The first-order valence-corrected chi connectivity index (χ1v) is 9.60. The summed E-state index contributed by atoms with van der Waals surface area (Å²) in [6.07, 6.45) is -10.2. The number of benzene rings is 1. The van der Waals surface area contributed by atoms with Gasteiger partial charge in [0.15, 0.2) is 5.69 Å². The van der Waals surface area contributed by atoms with Crippen molar-refractivity contribution in [2.45, 2.75) is 44.3 Å². The number of likely N-dealkylation sites (tertiary alicyclic amines) is 1. The van der Waals surface area contributed by atoms with E-state index in [1.807, 2.05) is 0 Å². The predicted molar refractivity (Wildman–Crippen MR) is 98.4 cm³/mol. The highest BCUT2D eigenvalue weighted by Crippen LogP contribution is 2.36. The number of carbonyl (C=O) groups is 1. The van der Waals surface area contributed by atoms with E-state index in [1.54, 1.807) is 0 Å². The molecule has 2 heterocycles. The van der Waals surface area contributed by atoms with Gasteiger partial charge in [0.1, 0.15) is 6.54 Å². The third-order valence-corrected chi connectivity index (χ3v) is 5.72. The van der Waals surface area contributed by atoms with E-state index in [1.165, 1.54) is 24.0 Å². The van der Waals surface area contributed by atoms with Gasteiger partial charge >= 0.3 is 12.4 Å². The zero-order valence-corrected chi connectivity index (χ0v) is 16.9. The molecule has 5 nitrogen and oxygen atoms in total. The Hall–Kier alpha value is -2.27. The van der Waals surface area contributed by atoms with Gasteiger partial charge in [0, 0.05) is 19.0 Å². The van der Waals surface area contributed by atoms with Crippen molar-refractivity contribution in [1.82, 2.24) is 14.7 Å². The van der Waals surface area contributed by atoms with Crippen LogP contribution < -0.4 is 0 Å². The fourth-order valence-corrected chi connectivity index (χ4v) is 3.82. The van der Waals surface area contributed by atoms with Crippen molar-refractivity contribution in [2.75, 3.05) is 13.1 Å². The molecular weight excluding hydrogens is 452 g/mol. The van der Waals surface area contributed by atoms with Crippen molar-refractivity contribution in [2.24, 2.45) is 0 Å². The second kappa shape index (κ2) is 8.34. The van der Waals surface area contributed by atoms with Gasteiger partial charge in [-0.05, 0) is 25.0 Å². The monoisotopic (exact) mass is 469 g/mol. The molecule has 31 heavy (non-hydrogen) atoms. The van der Waals surface area contributed by atoms with E-state index < -0.39 is 53.1 Å². The van der Waals surface area contributed by atoms with Crippen LogP contribution in [0, 0.1) is 6.92 Å². The summed E-state index contributed by atoms with van der Waals surface area (Å²) in [7, 11) is 0. The second-order valence-electron chi connectivity index (χ2n) is 7.33. The quantitative estimate of drug-likeness (QED) is 0.683. The Morgan fingerprint density at radius 1 is 1.23 bits per heavy atom. The molecule has 170 valence electrons. The summed E-state index contributed by atoms with van der Waals surface area (Å²) < 4.78 is 78.5. The Morgan fingerprint density at radius 3 is 2.45 bits per heavy atom. The van der Waals surface area contributed by atoms with Gasteiger partial charge in [0.2, 0.25) is 5.91 Å². The average Bonchev–Trinajstić information content (AvgIpc) is 2.96. The van der Waals surface area contributed by atoms with Crippen LogP contribution >= 0.6 is 11.6 Å². The Bertz CT molecular complexity index is 973. The van der Waals surface area contributed by atoms with Crippen molar-refractivity contribution in [1.29, 1.82) is 0 Å². The summed E-state index contributed by atoms with van der Waals surface area (Å²) in [5.74, 6) is -1.19. The van der Waals surface area contributed by atoms with E-state index in [0.29, 0.717) is 5.56 Å². The van der Waals surface area contributed by atoms with Crippen LogP contribution in [0.15, 0.2) is 24.3 Å². The minimum atomic E-state index is -4.77. The zero-order chi connectivity index (χ0) is 23.1. The zero-order valence-electron chi connectivity index (χ0n) is 16.1. The van der Waals surface area contributed by atoms with Crippen LogP contribution in [0.2, 0.25) is 5.02 Å². The van der Waals surface area contributed by atoms with Crippen LogP contribution in [0.4, 0.5) is 26.3 Å². The molecule has 1 amide bonds. The summed E-state index contributed by atoms with van der Waals surface area (Å²) >= 11 is 5.67. The molecule has 0 bridgehead atoms. The van der Waals surface area contributed by atoms with Crippen molar-refractivity contribution in [3.05, 3.63) is 51.8 Å². The smallest absolute Gasteiger partial charge is 0.391 e. The molecule has 3 rings (SSSR count). The van der Waals surface area contributed by atoms with Gasteiger partial charge < -0.3 is 10.0 Å². The number of piperidine rings is 1. The first-order chi connectivity index (χ1) is 14.3. The van der Waals surface area contributed by atoms with Gasteiger partial charge in [-0.1, -0.05) is 29.8 Å². The number of aliphatic hydroxyl groups excluding tert-OH is 1. The maximum Gasteiger partial charge on any atom is 0.436 e. The number of aliphatic hydroxyl groups is 1. The number of halogens is 7. The predicted octanol–water partition coefficient (Wildman–Crippen LogP) is 4.26. The molecule has 0 spiro atoms. The molecule has 2 unspecified atom stereocenters. The van der Waals surface area contributed by atoms with Crippen LogP contribution in [0.25, 0.3) is 0 Å². The number of rotatable bonds is 3. The van der Waals surface area contributed by atoms with Gasteiger partial charge in [0.25, 0.3) is 0 Å². The Kier molecular flexibility index (Phi) is 6.30. The van der Waals surface area contributed by atoms with Crippen molar-refractivity contribution >= 4 is 17.5 Å². The normalized spacial score (nSPS) is 20.2. The number of alkyl halides is 6. The highest BCUT2D eigenvalue weighted by Gasteiger charge is 2.39. The SMILES string of the molecule is Cc1c(Cl)c(C(F)(F)F)nn1CC(=O)N1CCC(c2cccc(C(F)(F)F)c2)C(O)C1. The maximum atomic E-state index is 12.9. The first-order valence-electron chi connectivity index (χ1n) is 9.22. The fraction of sp³-hybridized carbons (Fsp3) is 0.474. The number of β-amino-alcohol motifs (C(OH)–C–C–N with tert-alkyl or cyclic N) is 1. The highest BCUT2D eigenvalue weighted by atomic mass is 35.5. The standard InChI is InChI=1S/C19H18ClF6N3O2/c1-10-16(20)17(19(24,25)26)27-29(10)9-15(31)28-6-5-13(14(30)8-28)11-3-2-4-12(7-11)18(21,22)23/h2-4,7,13-14,30H,5-6,8-9H2,1H3.